The second kappa shape index (κ2) is 3.76. The molecule has 2 aliphatic heterocycles. The van der Waals surface area contributed by atoms with Gasteiger partial charge < -0.3 is 14.7 Å². The van der Waals surface area contributed by atoms with Crippen molar-refractivity contribution in [1.29, 1.82) is 0 Å². The van der Waals surface area contributed by atoms with E-state index in [-0.39, 0.29) is 30.1 Å². The number of rotatable bonds is 2. The molecule has 1 amide bonds. The van der Waals surface area contributed by atoms with Crippen molar-refractivity contribution in [3.8, 4) is 0 Å². The minimum atomic E-state index is -0.166. The van der Waals surface area contributed by atoms with Gasteiger partial charge in [0.2, 0.25) is 5.91 Å². The summed E-state index contributed by atoms with van der Waals surface area (Å²) in [6.07, 6.45) is 1.48. The van der Waals surface area contributed by atoms with Crippen molar-refractivity contribution in [3.05, 3.63) is 0 Å². The van der Waals surface area contributed by atoms with Crippen LogP contribution in [0.15, 0.2) is 0 Å². The van der Waals surface area contributed by atoms with E-state index in [1.807, 2.05) is 11.8 Å². The largest absolute Gasteiger partial charge is 0.396 e. The monoisotopic (exact) mass is 213 g/mol. The highest BCUT2D eigenvalue weighted by atomic mass is 16.5. The molecule has 0 aliphatic carbocycles. The lowest BCUT2D eigenvalue weighted by Gasteiger charge is -2.38. The number of likely N-dealkylation sites (tertiary alicyclic amines) is 1. The van der Waals surface area contributed by atoms with E-state index < -0.39 is 0 Å². The van der Waals surface area contributed by atoms with E-state index in [2.05, 4.69) is 6.92 Å². The predicted octanol–water partition coefficient (Wildman–Crippen LogP) is 0.395. The average molecular weight is 213 g/mol. The Morgan fingerprint density at radius 1 is 1.67 bits per heavy atom. The van der Waals surface area contributed by atoms with Crippen molar-refractivity contribution in [2.75, 3.05) is 19.8 Å². The molecule has 2 rings (SSSR count). The average Bonchev–Trinajstić information content (AvgIpc) is 2.73. The Morgan fingerprint density at radius 2 is 2.40 bits per heavy atom. The maximum absolute atomic E-state index is 11.8. The lowest BCUT2D eigenvalue weighted by atomic mass is 9.92. The Hall–Kier alpha value is -0.610. The predicted molar refractivity (Wildman–Crippen MR) is 55.3 cm³/mol. The van der Waals surface area contributed by atoms with Crippen LogP contribution in [0.2, 0.25) is 0 Å². The summed E-state index contributed by atoms with van der Waals surface area (Å²) in [7, 11) is 0. The summed E-state index contributed by atoms with van der Waals surface area (Å²) in [4.78, 5) is 13.7. The molecule has 3 atom stereocenters. The van der Waals surface area contributed by atoms with Crippen LogP contribution in [0.1, 0.15) is 26.7 Å². The summed E-state index contributed by atoms with van der Waals surface area (Å²) >= 11 is 0. The van der Waals surface area contributed by atoms with Gasteiger partial charge in [-0.15, -0.1) is 0 Å². The van der Waals surface area contributed by atoms with Gasteiger partial charge in [-0.25, -0.2) is 0 Å². The molecule has 2 heterocycles. The van der Waals surface area contributed by atoms with Crippen molar-refractivity contribution in [3.63, 3.8) is 0 Å². The minimum Gasteiger partial charge on any atom is -0.396 e. The molecule has 1 N–H and O–H groups in total. The van der Waals surface area contributed by atoms with Gasteiger partial charge in [0.05, 0.1) is 11.6 Å². The van der Waals surface area contributed by atoms with Crippen LogP contribution in [0.3, 0.4) is 0 Å². The van der Waals surface area contributed by atoms with Crippen LogP contribution in [0, 0.1) is 5.92 Å². The number of hydrogen-bond acceptors (Lipinski definition) is 3. The van der Waals surface area contributed by atoms with Gasteiger partial charge in [0.25, 0.3) is 0 Å². The van der Waals surface area contributed by atoms with Crippen molar-refractivity contribution < 1.29 is 14.6 Å². The molecule has 0 aromatic heterocycles. The molecule has 0 aromatic carbocycles. The first kappa shape index (κ1) is 10.9. The molecule has 2 saturated heterocycles. The molecule has 4 nitrogen and oxygen atoms in total. The lowest BCUT2D eigenvalue weighted by molar-refractivity contribution is -0.134. The third kappa shape index (κ3) is 1.66. The molecule has 0 aromatic rings. The quantitative estimate of drug-likeness (QED) is 0.722. The Bertz CT molecular complexity index is 269. The summed E-state index contributed by atoms with van der Waals surface area (Å²) < 4.78 is 5.54. The van der Waals surface area contributed by atoms with Crippen LogP contribution in [0.4, 0.5) is 0 Å². The Morgan fingerprint density at radius 3 is 2.87 bits per heavy atom. The molecule has 86 valence electrons. The normalized spacial score (nSPS) is 41.5. The molecule has 0 radical (unpaired) electrons. The summed E-state index contributed by atoms with van der Waals surface area (Å²) in [5.41, 5.74) is -0.166. The van der Waals surface area contributed by atoms with Crippen LogP contribution in [0.25, 0.3) is 0 Å². The third-order valence-corrected chi connectivity index (χ3v) is 3.93. The van der Waals surface area contributed by atoms with E-state index in [0.717, 1.165) is 13.0 Å². The highest BCUT2D eigenvalue weighted by Crippen LogP contribution is 2.36. The van der Waals surface area contributed by atoms with Gasteiger partial charge >= 0.3 is 0 Å². The number of aliphatic hydroxyl groups is 1. The van der Waals surface area contributed by atoms with E-state index in [1.165, 1.54) is 0 Å². The molecule has 0 bridgehead atoms. The minimum absolute atomic E-state index is 0.0962. The SMILES string of the molecule is CC1OCCC1(C)N1CC(CO)CC1=O. The van der Waals surface area contributed by atoms with Crippen LogP contribution in [0.5, 0.6) is 0 Å². The summed E-state index contributed by atoms with van der Waals surface area (Å²) in [5, 5.41) is 9.08. The Labute approximate surface area is 90.2 Å². The number of aliphatic hydroxyl groups excluding tert-OH is 1. The maximum Gasteiger partial charge on any atom is 0.223 e. The first-order valence-electron chi connectivity index (χ1n) is 5.61. The third-order valence-electron chi connectivity index (χ3n) is 3.93. The number of amides is 1. The number of hydrogen-bond donors (Lipinski definition) is 1. The van der Waals surface area contributed by atoms with Crippen molar-refractivity contribution in [2.24, 2.45) is 5.92 Å². The Balaban J connectivity index is 2.13. The molecular weight excluding hydrogens is 194 g/mol. The van der Waals surface area contributed by atoms with Crippen LogP contribution < -0.4 is 0 Å². The van der Waals surface area contributed by atoms with E-state index in [1.54, 1.807) is 0 Å². The zero-order chi connectivity index (χ0) is 11.1. The summed E-state index contributed by atoms with van der Waals surface area (Å²) in [5.74, 6) is 0.274. The summed E-state index contributed by atoms with van der Waals surface area (Å²) in [6, 6.07) is 0. The van der Waals surface area contributed by atoms with Gasteiger partial charge in [0, 0.05) is 32.1 Å². The summed E-state index contributed by atoms with van der Waals surface area (Å²) in [6.45, 7) is 5.62. The maximum atomic E-state index is 11.8. The zero-order valence-corrected chi connectivity index (χ0v) is 9.40. The highest BCUT2D eigenvalue weighted by molar-refractivity contribution is 5.79. The fraction of sp³-hybridized carbons (Fsp3) is 0.909. The molecule has 3 unspecified atom stereocenters. The number of nitrogens with zero attached hydrogens (tertiary/aromatic N) is 1. The fourth-order valence-electron chi connectivity index (χ4n) is 2.58. The molecule has 2 aliphatic rings. The van der Waals surface area contributed by atoms with Crippen LogP contribution in [-0.2, 0) is 9.53 Å². The highest BCUT2D eigenvalue weighted by Gasteiger charge is 2.47. The van der Waals surface area contributed by atoms with Crippen molar-refractivity contribution in [1.82, 2.24) is 4.90 Å². The van der Waals surface area contributed by atoms with E-state index in [4.69, 9.17) is 9.84 Å². The number of carbonyl (C=O) groups is 1. The van der Waals surface area contributed by atoms with Gasteiger partial charge in [-0.3, -0.25) is 4.79 Å². The fourth-order valence-corrected chi connectivity index (χ4v) is 2.58. The molecule has 15 heavy (non-hydrogen) atoms. The van der Waals surface area contributed by atoms with Crippen LogP contribution in [-0.4, -0.2) is 47.3 Å². The van der Waals surface area contributed by atoms with Crippen molar-refractivity contribution >= 4 is 5.91 Å². The zero-order valence-electron chi connectivity index (χ0n) is 9.40. The topological polar surface area (TPSA) is 49.8 Å². The van der Waals surface area contributed by atoms with Gasteiger partial charge in [0.15, 0.2) is 0 Å². The van der Waals surface area contributed by atoms with Gasteiger partial charge in [-0.2, -0.15) is 0 Å². The molecule has 0 saturated carbocycles. The van der Waals surface area contributed by atoms with E-state index >= 15 is 0 Å². The Kier molecular flexibility index (Phi) is 2.73. The first-order valence-corrected chi connectivity index (χ1v) is 5.61. The van der Waals surface area contributed by atoms with Crippen LogP contribution >= 0.6 is 0 Å². The molecular formula is C11H19NO3. The molecule has 0 spiro atoms. The first-order chi connectivity index (χ1) is 7.08. The number of ether oxygens (including phenoxy) is 1. The van der Waals surface area contributed by atoms with Crippen molar-refractivity contribution in [2.45, 2.75) is 38.3 Å². The number of carbonyl (C=O) groups excluding carboxylic acids is 1. The van der Waals surface area contributed by atoms with Gasteiger partial charge in [0.1, 0.15) is 0 Å². The molecule has 2 fully saturated rings. The standard InChI is InChI=1S/C11H19NO3/c1-8-11(2,3-4-15-8)12-6-9(7-13)5-10(12)14/h8-9,13H,3-7H2,1-2H3. The van der Waals surface area contributed by atoms with Gasteiger partial charge in [-0.1, -0.05) is 0 Å². The smallest absolute Gasteiger partial charge is 0.223 e. The van der Waals surface area contributed by atoms with Gasteiger partial charge in [-0.05, 0) is 20.3 Å². The van der Waals surface area contributed by atoms with E-state index in [0.29, 0.717) is 13.0 Å². The second-order valence-corrected chi connectivity index (χ2v) is 4.88. The lowest BCUT2D eigenvalue weighted by Crippen LogP contribution is -2.51. The second-order valence-electron chi connectivity index (χ2n) is 4.88. The van der Waals surface area contributed by atoms with E-state index in [9.17, 15) is 4.79 Å². The molecule has 4 heteroatoms.